The van der Waals surface area contributed by atoms with Crippen LogP contribution in [0.5, 0.6) is 5.75 Å². The number of nitrogens with zero attached hydrogens (tertiary/aromatic N) is 4. The maximum atomic E-state index is 14.9. The normalized spacial score (nSPS) is 16.3. The average molecular weight is 1070 g/mol. The molecule has 24 heteroatoms. The van der Waals surface area contributed by atoms with E-state index < -0.39 is 120 Å². The van der Waals surface area contributed by atoms with E-state index in [1.54, 1.807) is 67.5 Å². The molecule has 2 rings (SSSR count). The largest absolute Gasteiger partial charge is 0.508 e. The van der Waals surface area contributed by atoms with Gasteiger partial charge in [-0.25, -0.2) is 0 Å². The number of guanidine groups is 1. The SMILES string of the molecule is CCNC(=O)[C@@H]1CCCN1C(=O)[C@H](CCCN=C(N)N)NC(=O)[C@@H](NC(=O)[C@H](C(C)C)N(C)C(=O)[C@H](Cc1ccc(O)cc1)NC(=O)[C@H](NC(=O)[C@@H](NC(=O)CNC(=O)CN(C)C(C)=O)C(C)C)[C@@H](C)CC)[C@@H](C)CC. The molecule has 0 aliphatic carbocycles. The highest BCUT2D eigenvalue weighted by atomic mass is 16.3. The van der Waals surface area contributed by atoms with Crippen LogP contribution in [0.15, 0.2) is 29.3 Å². The summed E-state index contributed by atoms with van der Waals surface area (Å²) in [5.41, 5.74) is 11.6. The van der Waals surface area contributed by atoms with Crippen molar-refractivity contribution >= 4 is 65.0 Å². The van der Waals surface area contributed by atoms with Crippen molar-refractivity contribution in [3.8, 4) is 5.75 Å². The van der Waals surface area contributed by atoms with E-state index >= 15 is 0 Å². The topological polar surface area (TPSA) is 349 Å². The molecule has 1 aliphatic rings. The predicted octanol–water partition coefficient (Wildman–Crippen LogP) is -0.635. The molecule has 9 atom stereocenters. The van der Waals surface area contributed by atoms with Gasteiger partial charge in [0.05, 0.1) is 13.1 Å². The van der Waals surface area contributed by atoms with Gasteiger partial charge < -0.3 is 68.5 Å². The van der Waals surface area contributed by atoms with E-state index in [4.69, 9.17) is 11.5 Å². The number of aromatic hydroxyl groups is 1. The third kappa shape index (κ3) is 20.3. The van der Waals surface area contributed by atoms with Gasteiger partial charge in [-0.15, -0.1) is 0 Å². The van der Waals surface area contributed by atoms with Gasteiger partial charge in [0.25, 0.3) is 0 Å². The average Bonchev–Trinajstić information content (AvgIpc) is 3.86. The van der Waals surface area contributed by atoms with Crippen molar-refractivity contribution in [3.05, 3.63) is 29.8 Å². The number of amides is 10. The summed E-state index contributed by atoms with van der Waals surface area (Å²) in [5, 5.41) is 29.2. The number of phenolic OH excluding ortho intramolecular Hbond substituents is 1. The minimum absolute atomic E-state index is 0.0419. The maximum Gasteiger partial charge on any atom is 0.245 e. The number of phenols is 1. The van der Waals surface area contributed by atoms with Crippen LogP contribution in [-0.4, -0.2) is 174 Å². The second-order valence-electron chi connectivity index (χ2n) is 20.3. The third-order valence-corrected chi connectivity index (χ3v) is 13.6. The molecular weight excluding hydrogens is 983 g/mol. The highest BCUT2D eigenvalue weighted by Gasteiger charge is 2.41. The van der Waals surface area contributed by atoms with Gasteiger partial charge in [0.15, 0.2) is 5.96 Å². The Labute approximate surface area is 447 Å². The monoisotopic (exact) mass is 1070 g/mol. The van der Waals surface area contributed by atoms with Crippen molar-refractivity contribution in [2.75, 3.05) is 46.8 Å². The molecular formula is C52H87N13O11. The van der Waals surface area contributed by atoms with Gasteiger partial charge >= 0.3 is 0 Å². The molecule has 0 saturated carbocycles. The number of aliphatic imine (C=N–C) groups is 1. The standard InChI is InChI=1S/C52H87N13O11/c1-13-31(8)42(61-46(71)41(29(4)5)60-39(68)27-57-40(69)28-63(11)33(10)66)48(73)59-37(26-34-20-22-35(67)23-21-34)50(75)64(12)44(30(6)7)49(74)62-43(32(9)14-2)47(72)58-36(18-16-24-56-52(53)54)51(76)65-25-17-19-38(65)45(70)55-15-3/h20-23,29-32,36-38,41-44,67H,13-19,24-28H2,1-12H3,(H,55,70)(H,57,69)(H,58,72)(H,59,73)(H,60,68)(H,61,71)(H,62,74)(H4,53,54,56)/t31-,32-,36-,37-,38-,41-,42+,43-,44-/m0/s1. The van der Waals surface area contributed by atoms with Gasteiger partial charge in [0, 0.05) is 47.1 Å². The molecule has 0 bridgehead atoms. The smallest absolute Gasteiger partial charge is 0.245 e. The summed E-state index contributed by atoms with van der Waals surface area (Å²) < 4.78 is 0. The van der Waals surface area contributed by atoms with Crippen LogP contribution in [0.2, 0.25) is 0 Å². The van der Waals surface area contributed by atoms with Crippen LogP contribution in [-0.2, 0) is 54.4 Å². The summed E-state index contributed by atoms with van der Waals surface area (Å²) in [5.74, 6) is -8.11. The zero-order valence-corrected chi connectivity index (χ0v) is 46.6. The first-order valence-electron chi connectivity index (χ1n) is 26.4. The zero-order chi connectivity index (χ0) is 57.6. The van der Waals surface area contributed by atoms with Crippen LogP contribution >= 0.6 is 0 Å². The first-order valence-corrected chi connectivity index (χ1v) is 26.4. The Hall–Kier alpha value is -7.01. The van der Waals surface area contributed by atoms with Gasteiger partial charge in [-0.2, -0.15) is 0 Å². The Morgan fingerprint density at radius 2 is 1.28 bits per heavy atom. The number of likely N-dealkylation sites (tertiary alicyclic amines) is 1. The number of likely N-dealkylation sites (N-methyl/N-ethyl adjacent to an activating group) is 3. The lowest BCUT2D eigenvalue weighted by molar-refractivity contribution is -0.145. The Bertz CT molecular complexity index is 2190. The summed E-state index contributed by atoms with van der Waals surface area (Å²) in [6, 6.07) is -2.01. The third-order valence-electron chi connectivity index (χ3n) is 13.6. The Morgan fingerprint density at radius 1 is 0.724 bits per heavy atom. The molecule has 0 unspecified atom stereocenters. The zero-order valence-electron chi connectivity index (χ0n) is 46.6. The van der Waals surface area contributed by atoms with Gasteiger partial charge in [-0.05, 0) is 74.0 Å². The molecule has 0 aromatic heterocycles. The number of benzene rings is 1. The molecule has 426 valence electrons. The highest BCUT2D eigenvalue weighted by molar-refractivity contribution is 5.98. The number of rotatable bonds is 30. The fourth-order valence-electron chi connectivity index (χ4n) is 8.66. The number of hydrogen-bond donors (Lipinski definition) is 10. The van der Waals surface area contributed by atoms with E-state index in [1.807, 2.05) is 6.92 Å². The van der Waals surface area contributed by atoms with Crippen LogP contribution in [0.25, 0.3) is 0 Å². The van der Waals surface area contributed by atoms with E-state index in [0.29, 0.717) is 50.8 Å². The summed E-state index contributed by atoms with van der Waals surface area (Å²) in [6.45, 7) is 17.1. The van der Waals surface area contributed by atoms with Gasteiger partial charge in [0.1, 0.15) is 48.0 Å². The second-order valence-corrected chi connectivity index (χ2v) is 20.3. The van der Waals surface area contributed by atoms with Gasteiger partial charge in [0.2, 0.25) is 59.1 Å². The molecule has 1 saturated heterocycles. The molecule has 24 nitrogen and oxygen atoms in total. The Balaban J connectivity index is 2.48. The van der Waals surface area contributed by atoms with E-state index in [9.17, 15) is 53.1 Å². The van der Waals surface area contributed by atoms with Crippen LogP contribution in [0.3, 0.4) is 0 Å². The first-order chi connectivity index (χ1) is 35.7. The second kappa shape index (κ2) is 31.8. The van der Waals surface area contributed by atoms with E-state index in [2.05, 4.69) is 42.2 Å². The number of hydrogen-bond acceptors (Lipinski definition) is 12. The van der Waals surface area contributed by atoms with Crippen molar-refractivity contribution < 1.29 is 53.1 Å². The van der Waals surface area contributed by atoms with E-state index in [0.717, 1.165) is 4.90 Å². The molecule has 0 radical (unpaired) electrons. The molecule has 1 heterocycles. The molecule has 76 heavy (non-hydrogen) atoms. The predicted molar refractivity (Wildman–Crippen MR) is 286 cm³/mol. The lowest BCUT2D eigenvalue weighted by atomic mass is 9.94. The van der Waals surface area contributed by atoms with Gasteiger partial charge in [-0.1, -0.05) is 80.4 Å². The summed E-state index contributed by atoms with van der Waals surface area (Å²) in [7, 11) is 2.83. The molecule has 12 N–H and O–H groups in total. The minimum atomic E-state index is -1.35. The summed E-state index contributed by atoms with van der Waals surface area (Å²) >= 11 is 0. The van der Waals surface area contributed by atoms with Crippen molar-refractivity contribution in [1.82, 2.24) is 51.9 Å². The van der Waals surface area contributed by atoms with Crippen LogP contribution < -0.4 is 48.7 Å². The Kier molecular flexibility index (Phi) is 27.2. The quantitative estimate of drug-likeness (QED) is 0.0261. The minimum Gasteiger partial charge on any atom is -0.508 e. The van der Waals surface area contributed by atoms with Crippen LogP contribution in [0.4, 0.5) is 0 Å². The number of nitrogens with one attached hydrogen (secondary N) is 7. The maximum absolute atomic E-state index is 14.9. The fourth-order valence-corrected chi connectivity index (χ4v) is 8.66. The van der Waals surface area contributed by atoms with Crippen molar-refractivity contribution in [1.29, 1.82) is 0 Å². The Morgan fingerprint density at radius 3 is 1.79 bits per heavy atom. The molecule has 0 spiro atoms. The highest BCUT2D eigenvalue weighted by Crippen LogP contribution is 2.22. The lowest BCUT2D eigenvalue weighted by Gasteiger charge is -2.36. The molecule has 1 aliphatic heterocycles. The van der Waals surface area contributed by atoms with E-state index in [1.165, 1.54) is 43.0 Å². The lowest BCUT2D eigenvalue weighted by Crippen LogP contribution is -2.62. The number of carbonyl (C=O) groups is 10. The molecule has 1 aromatic carbocycles. The molecule has 10 amide bonds. The summed E-state index contributed by atoms with van der Waals surface area (Å²) in [4.78, 5) is 144. The fraction of sp³-hybridized carbons (Fsp3) is 0.673. The summed E-state index contributed by atoms with van der Waals surface area (Å²) in [6.07, 6.45) is 2.15. The van der Waals surface area contributed by atoms with Crippen LogP contribution in [0.1, 0.15) is 113 Å². The van der Waals surface area contributed by atoms with E-state index in [-0.39, 0.29) is 49.5 Å². The number of carbonyl (C=O) groups excluding carboxylic acids is 10. The molecule has 1 fully saturated rings. The van der Waals surface area contributed by atoms with Crippen LogP contribution in [0, 0.1) is 23.7 Å². The first kappa shape index (κ1) is 65.1. The van der Waals surface area contributed by atoms with Crippen molar-refractivity contribution in [2.45, 2.75) is 156 Å². The van der Waals surface area contributed by atoms with Crippen molar-refractivity contribution in [2.24, 2.45) is 40.1 Å². The van der Waals surface area contributed by atoms with Crippen molar-refractivity contribution in [3.63, 3.8) is 0 Å². The number of nitrogens with two attached hydrogens (primary N) is 2. The van der Waals surface area contributed by atoms with Gasteiger partial charge in [-0.3, -0.25) is 52.9 Å². The molecule has 1 aromatic rings.